The minimum atomic E-state index is -2.39. The number of nitrogens with one attached hydrogen (secondary N) is 1. The second-order valence-electron chi connectivity index (χ2n) is 3.98. The molecule has 1 aliphatic rings. The summed E-state index contributed by atoms with van der Waals surface area (Å²) in [5.74, 6) is 0. The molecule has 1 saturated heterocycles. The lowest BCUT2D eigenvalue weighted by molar-refractivity contribution is 0.0180. The molecule has 1 aliphatic heterocycles. The highest BCUT2D eigenvalue weighted by atomic mass is 79.9. The molecule has 0 unspecified atom stereocenters. The summed E-state index contributed by atoms with van der Waals surface area (Å²) in [6.45, 7) is 2.80. The van der Waals surface area contributed by atoms with Crippen molar-refractivity contribution < 1.29 is 8.78 Å². The van der Waals surface area contributed by atoms with Crippen LogP contribution in [-0.2, 0) is 0 Å². The van der Waals surface area contributed by atoms with E-state index in [1.54, 1.807) is 12.1 Å². The second kappa shape index (κ2) is 5.84. The summed E-state index contributed by atoms with van der Waals surface area (Å²) in [7, 11) is 0. The van der Waals surface area contributed by atoms with Gasteiger partial charge in [-0.2, -0.15) is 0 Å². The Bertz CT molecular complexity index is 352. The summed E-state index contributed by atoms with van der Waals surface area (Å²) in [5, 5.41) is 3.16. The zero-order chi connectivity index (χ0) is 12.3. The number of piperazine rings is 1. The van der Waals surface area contributed by atoms with Gasteiger partial charge >= 0.3 is 0 Å². The molecule has 2 heterocycles. The molecule has 1 N–H and O–H groups in total. The van der Waals surface area contributed by atoms with E-state index < -0.39 is 12.5 Å². The van der Waals surface area contributed by atoms with Crippen LogP contribution >= 0.6 is 15.9 Å². The Morgan fingerprint density at radius 3 is 2.53 bits per heavy atom. The number of aromatic nitrogens is 1. The first-order valence-corrected chi connectivity index (χ1v) is 6.32. The Balaban J connectivity index is 2.18. The third-order valence-corrected chi connectivity index (χ3v) is 3.34. The monoisotopic (exact) mass is 305 g/mol. The number of hydrogen-bond donors (Lipinski definition) is 1. The van der Waals surface area contributed by atoms with Crippen LogP contribution in [0.25, 0.3) is 0 Å². The van der Waals surface area contributed by atoms with Crippen LogP contribution in [0.5, 0.6) is 0 Å². The van der Waals surface area contributed by atoms with Crippen LogP contribution in [0.2, 0.25) is 0 Å². The van der Waals surface area contributed by atoms with Crippen LogP contribution in [0.3, 0.4) is 0 Å². The molecular formula is C11H14BrF2N3. The molecule has 3 nitrogen and oxygen atoms in total. The van der Waals surface area contributed by atoms with Gasteiger partial charge in [0, 0.05) is 32.4 Å². The minimum absolute atomic E-state index is 0.574. The molecule has 0 aromatic carbocycles. The summed E-state index contributed by atoms with van der Waals surface area (Å²) in [5.41, 5.74) is 0.574. The van der Waals surface area contributed by atoms with E-state index in [1.165, 1.54) is 6.20 Å². The zero-order valence-corrected chi connectivity index (χ0v) is 10.8. The van der Waals surface area contributed by atoms with Crippen LogP contribution in [0, 0.1) is 0 Å². The molecule has 1 aromatic rings. The maximum absolute atomic E-state index is 13.2. The summed E-state index contributed by atoms with van der Waals surface area (Å²) < 4.78 is 27.0. The Kier molecular flexibility index (Phi) is 4.42. The van der Waals surface area contributed by atoms with Gasteiger partial charge in [0.05, 0.1) is 6.04 Å². The van der Waals surface area contributed by atoms with Crippen LogP contribution in [0.15, 0.2) is 22.9 Å². The summed E-state index contributed by atoms with van der Waals surface area (Å²) >= 11 is 3.21. The van der Waals surface area contributed by atoms with Crippen molar-refractivity contribution in [1.29, 1.82) is 0 Å². The first kappa shape index (κ1) is 12.9. The fourth-order valence-electron chi connectivity index (χ4n) is 2.04. The van der Waals surface area contributed by atoms with E-state index in [0.29, 0.717) is 23.3 Å². The Morgan fingerprint density at radius 2 is 2.00 bits per heavy atom. The molecule has 2 rings (SSSR count). The second-order valence-corrected chi connectivity index (χ2v) is 4.79. The lowest BCUT2D eigenvalue weighted by atomic mass is 10.1. The van der Waals surface area contributed by atoms with Gasteiger partial charge in [-0.1, -0.05) is 6.07 Å². The van der Waals surface area contributed by atoms with Crippen molar-refractivity contribution in [1.82, 2.24) is 15.2 Å². The van der Waals surface area contributed by atoms with Crippen molar-refractivity contribution in [3.05, 3.63) is 28.5 Å². The predicted octanol–water partition coefficient (Wildman–Crippen LogP) is 2.06. The molecular weight excluding hydrogens is 292 g/mol. The van der Waals surface area contributed by atoms with Crippen LogP contribution < -0.4 is 5.32 Å². The summed E-state index contributed by atoms with van der Waals surface area (Å²) in [6.07, 6.45) is -0.876. The molecule has 0 radical (unpaired) electrons. The Hall–Kier alpha value is -0.590. The number of halogens is 3. The van der Waals surface area contributed by atoms with Crippen molar-refractivity contribution in [3.63, 3.8) is 0 Å². The number of hydrogen-bond acceptors (Lipinski definition) is 3. The highest BCUT2D eigenvalue weighted by molar-refractivity contribution is 9.10. The van der Waals surface area contributed by atoms with Gasteiger partial charge in [0.2, 0.25) is 0 Å². The van der Waals surface area contributed by atoms with Gasteiger partial charge in [-0.15, -0.1) is 0 Å². The molecule has 0 spiro atoms. The number of rotatable bonds is 3. The van der Waals surface area contributed by atoms with Crippen LogP contribution in [0.4, 0.5) is 8.78 Å². The van der Waals surface area contributed by atoms with E-state index >= 15 is 0 Å². The van der Waals surface area contributed by atoms with E-state index in [4.69, 9.17) is 0 Å². The normalized spacial score (nSPS) is 19.5. The van der Waals surface area contributed by atoms with Gasteiger partial charge in [0.15, 0.2) is 0 Å². The Morgan fingerprint density at radius 1 is 1.29 bits per heavy atom. The number of alkyl halides is 2. The van der Waals surface area contributed by atoms with E-state index in [2.05, 4.69) is 26.2 Å². The number of nitrogens with zero attached hydrogens (tertiary/aromatic N) is 2. The first-order chi connectivity index (χ1) is 8.18. The van der Waals surface area contributed by atoms with Crippen molar-refractivity contribution in [2.45, 2.75) is 12.5 Å². The fraction of sp³-hybridized carbons (Fsp3) is 0.545. The molecule has 1 aromatic heterocycles. The molecule has 1 fully saturated rings. The smallest absolute Gasteiger partial charge is 0.258 e. The van der Waals surface area contributed by atoms with Crippen molar-refractivity contribution >= 4 is 15.9 Å². The highest BCUT2D eigenvalue weighted by Gasteiger charge is 2.30. The lowest BCUT2D eigenvalue weighted by Crippen LogP contribution is -2.46. The summed E-state index contributed by atoms with van der Waals surface area (Å²) in [4.78, 5) is 5.83. The van der Waals surface area contributed by atoms with Crippen LogP contribution in [0.1, 0.15) is 11.6 Å². The van der Waals surface area contributed by atoms with Gasteiger partial charge in [-0.25, -0.2) is 13.8 Å². The fourth-order valence-corrected chi connectivity index (χ4v) is 2.27. The molecule has 94 valence electrons. The third-order valence-electron chi connectivity index (χ3n) is 2.88. The molecule has 1 atom stereocenters. The molecule has 0 bridgehead atoms. The van der Waals surface area contributed by atoms with E-state index in [9.17, 15) is 8.78 Å². The third kappa shape index (κ3) is 3.20. The molecule has 0 amide bonds. The topological polar surface area (TPSA) is 28.2 Å². The maximum atomic E-state index is 13.2. The molecule has 0 saturated carbocycles. The van der Waals surface area contributed by atoms with Crippen molar-refractivity contribution in [2.75, 3.05) is 26.2 Å². The van der Waals surface area contributed by atoms with Crippen molar-refractivity contribution in [3.8, 4) is 0 Å². The average Bonchev–Trinajstić information content (AvgIpc) is 2.33. The average molecular weight is 306 g/mol. The largest absolute Gasteiger partial charge is 0.314 e. The Labute approximate surface area is 107 Å². The van der Waals surface area contributed by atoms with Gasteiger partial charge < -0.3 is 5.32 Å². The minimum Gasteiger partial charge on any atom is -0.314 e. The molecule has 17 heavy (non-hydrogen) atoms. The van der Waals surface area contributed by atoms with Gasteiger partial charge in [0.25, 0.3) is 6.43 Å². The highest BCUT2D eigenvalue weighted by Crippen LogP contribution is 2.27. The summed E-state index contributed by atoms with van der Waals surface area (Å²) in [6, 6.07) is 2.56. The standard InChI is InChI=1S/C11H14BrF2N3/c12-9-2-1-8(7-16-9)10(11(13)14)17-5-3-15-4-6-17/h1-2,7,10-11,15H,3-6H2/t10-/m0/s1. The first-order valence-electron chi connectivity index (χ1n) is 5.53. The molecule has 0 aliphatic carbocycles. The van der Waals surface area contributed by atoms with Crippen LogP contribution in [-0.4, -0.2) is 42.5 Å². The van der Waals surface area contributed by atoms with E-state index in [0.717, 1.165) is 13.1 Å². The predicted molar refractivity (Wildman–Crippen MR) is 65.1 cm³/mol. The molecule has 6 heteroatoms. The van der Waals surface area contributed by atoms with Crippen molar-refractivity contribution in [2.24, 2.45) is 0 Å². The van der Waals surface area contributed by atoms with E-state index in [-0.39, 0.29) is 0 Å². The quantitative estimate of drug-likeness (QED) is 0.867. The zero-order valence-electron chi connectivity index (χ0n) is 9.24. The maximum Gasteiger partial charge on any atom is 0.258 e. The van der Waals surface area contributed by atoms with Gasteiger partial charge in [-0.05, 0) is 27.6 Å². The number of pyridine rings is 1. The van der Waals surface area contributed by atoms with Gasteiger partial charge in [0.1, 0.15) is 4.60 Å². The lowest BCUT2D eigenvalue weighted by Gasteiger charge is -2.34. The SMILES string of the molecule is FC(F)[C@H](c1ccc(Br)nc1)N1CCNCC1. The van der Waals surface area contributed by atoms with E-state index in [1.807, 2.05) is 4.90 Å². The van der Waals surface area contributed by atoms with Gasteiger partial charge in [-0.3, -0.25) is 4.90 Å².